The van der Waals surface area contributed by atoms with E-state index in [1.165, 1.54) is 6.33 Å². The van der Waals surface area contributed by atoms with Gasteiger partial charge in [-0.15, -0.1) is 0 Å². The van der Waals surface area contributed by atoms with Crippen LogP contribution in [0.1, 0.15) is 20.3 Å². The lowest BCUT2D eigenvalue weighted by atomic mass is 10.2. The van der Waals surface area contributed by atoms with Crippen LogP contribution in [0.4, 0.5) is 11.5 Å². The average molecular weight is 265 g/mol. The van der Waals surface area contributed by atoms with Crippen molar-refractivity contribution in [1.82, 2.24) is 14.9 Å². The Labute approximate surface area is 114 Å². The van der Waals surface area contributed by atoms with Gasteiger partial charge in [-0.2, -0.15) is 4.98 Å². The molecule has 1 aromatic heterocycles. The Bertz CT molecular complexity index is 421. The van der Waals surface area contributed by atoms with Gasteiger partial charge in [0.15, 0.2) is 5.82 Å². The lowest BCUT2D eigenvalue weighted by Gasteiger charge is -2.26. The predicted octanol–water partition coefficient (Wildman–Crippen LogP) is 0.988. The van der Waals surface area contributed by atoms with Crippen LogP contribution in [0.25, 0.3) is 0 Å². The number of ether oxygens (including phenoxy) is 1. The van der Waals surface area contributed by atoms with E-state index in [1.807, 2.05) is 0 Å². The van der Waals surface area contributed by atoms with Crippen molar-refractivity contribution in [3.05, 3.63) is 6.33 Å². The molecule has 2 heterocycles. The molecule has 1 atom stereocenters. The molecule has 6 nitrogen and oxygen atoms in total. The number of hydrogen-bond donors (Lipinski definition) is 1. The second-order valence-electron chi connectivity index (χ2n) is 4.73. The molecule has 0 amide bonds. The highest BCUT2D eigenvalue weighted by molar-refractivity contribution is 5.68. The first-order valence-corrected chi connectivity index (χ1v) is 6.84. The van der Waals surface area contributed by atoms with E-state index in [0.717, 1.165) is 38.4 Å². The molecule has 0 aromatic carbocycles. The van der Waals surface area contributed by atoms with E-state index in [1.54, 1.807) is 7.11 Å². The molecule has 0 radical (unpaired) electrons. The minimum absolute atomic E-state index is 0.455. The number of methoxy groups -OCH3 is 1. The van der Waals surface area contributed by atoms with Crippen molar-refractivity contribution >= 4 is 11.5 Å². The van der Waals surface area contributed by atoms with Crippen molar-refractivity contribution in [3.63, 3.8) is 0 Å². The third-order valence-electron chi connectivity index (χ3n) is 3.81. The summed E-state index contributed by atoms with van der Waals surface area (Å²) >= 11 is 0. The normalized spacial score (nSPS) is 19.2. The van der Waals surface area contributed by atoms with Gasteiger partial charge in [0.1, 0.15) is 12.0 Å². The van der Waals surface area contributed by atoms with E-state index in [4.69, 9.17) is 10.5 Å². The standard InChI is InChI=1S/C13H23N5O/c1-4-17(5-2)10-6-7-18(8-10)12-11(14)13(19-3)16-9-15-12/h9-10H,4-8,14H2,1-3H3. The van der Waals surface area contributed by atoms with Crippen LogP contribution in [0.3, 0.4) is 0 Å². The van der Waals surface area contributed by atoms with E-state index in [9.17, 15) is 0 Å². The van der Waals surface area contributed by atoms with Crippen LogP contribution in [-0.4, -0.2) is 54.2 Å². The van der Waals surface area contributed by atoms with E-state index in [2.05, 4.69) is 33.6 Å². The number of nitrogen functional groups attached to an aromatic ring is 1. The van der Waals surface area contributed by atoms with E-state index in [-0.39, 0.29) is 0 Å². The molecular formula is C13H23N5O. The molecule has 1 aliphatic rings. The minimum Gasteiger partial charge on any atom is -0.479 e. The lowest BCUT2D eigenvalue weighted by Crippen LogP contribution is -2.37. The topological polar surface area (TPSA) is 67.5 Å². The first kappa shape index (κ1) is 13.9. The molecule has 1 aliphatic heterocycles. The summed E-state index contributed by atoms with van der Waals surface area (Å²) in [4.78, 5) is 13.0. The average Bonchev–Trinajstić information content (AvgIpc) is 2.90. The van der Waals surface area contributed by atoms with Crippen LogP contribution in [0.15, 0.2) is 6.33 Å². The molecule has 0 spiro atoms. The van der Waals surface area contributed by atoms with Crippen LogP contribution < -0.4 is 15.4 Å². The van der Waals surface area contributed by atoms with Crippen molar-refractivity contribution in [2.75, 3.05) is 43.9 Å². The van der Waals surface area contributed by atoms with Crippen LogP contribution >= 0.6 is 0 Å². The van der Waals surface area contributed by atoms with Gasteiger partial charge in [-0.05, 0) is 19.5 Å². The molecule has 0 saturated carbocycles. The molecular weight excluding hydrogens is 242 g/mol. The van der Waals surface area contributed by atoms with Crippen molar-refractivity contribution in [2.45, 2.75) is 26.3 Å². The van der Waals surface area contributed by atoms with Gasteiger partial charge in [-0.25, -0.2) is 4.98 Å². The molecule has 6 heteroatoms. The number of likely N-dealkylation sites (N-methyl/N-ethyl adjacent to an activating group) is 1. The number of rotatable bonds is 5. The van der Waals surface area contributed by atoms with Crippen molar-refractivity contribution in [3.8, 4) is 5.88 Å². The summed E-state index contributed by atoms with van der Waals surface area (Å²) in [6, 6.07) is 0.579. The van der Waals surface area contributed by atoms with E-state index in [0.29, 0.717) is 17.6 Å². The molecule has 106 valence electrons. The molecule has 2 N–H and O–H groups in total. The maximum absolute atomic E-state index is 6.05. The van der Waals surface area contributed by atoms with Gasteiger partial charge in [0.05, 0.1) is 7.11 Å². The fourth-order valence-corrected chi connectivity index (χ4v) is 2.76. The van der Waals surface area contributed by atoms with Gasteiger partial charge < -0.3 is 15.4 Å². The Balaban J connectivity index is 2.13. The molecule has 0 bridgehead atoms. The largest absolute Gasteiger partial charge is 0.479 e. The highest BCUT2D eigenvalue weighted by Gasteiger charge is 2.28. The summed E-state index contributed by atoms with van der Waals surface area (Å²) in [6.45, 7) is 8.51. The highest BCUT2D eigenvalue weighted by Crippen LogP contribution is 2.30. The van der Waals surface area contributed by atoms with Crippen LogP contribution in [0, 0.1) is 0 Å². The second kappa shape index (κ2) is 6.06. The summed E-state index contributed by atoms with van der Waals surface area (Å²) in [5.74, 6) is 1.25. The molecule has 2 rings (SSSR count). The summed E-state index contributed by atoms with van der Waals surface area (Å²) in [7, 11) is 1.57. The highest BCUT2D eigenvalue weighted by atomic mass is 16.5. The van der Waals surface area contributed by atoms with Crippen molar-refractivity contribution in [2.24, 2.45) is 0 Å². The fraction of sp³-hybridized carbons (Fsp3) is 0.692. The maximum atomic E-state index is 6.05. The predicted molar refractivity (Wildman–Crippen MR) is 76.5 cm³/mol. The first-order chi connectivity index (χ1) is 9.21. The van der Waals surface area contributed by atoms with Crippen molar-refractivity contribution in [1.29, 1.82) is 0 Å². The summed E-state index contributed by atoms with van der Waals surface area (Å²) in [6.07, 6.45) is 2.66. The van der Waals surface area contributed by atoms with Gasteiger partial charge in [-0.1, -0.05) is 13.8 Å². The number of hydrogen-bond acceptors (Lipinski definition) is 6. The van der Waals surface area contributed by atoms with Crippen LogP contribution in [0.5, 0.6) is 5.88 Å². The molecule has 0 aliphatic carbocycles. The molecule has 1 fully saturated rings. The number of nitrogens with zero attached hydrogens (tertiary/aromatic N) is 4. The Morgan fingerprint density at radius 2 is 2.16 bits per heavy atom. The Morgan fingerprint density at radius 1 is 1.42 bits per heavy atom. The summed E-state index contributed by atoms with van der Waals surface area (Å²) < 4.78 is 5.15. The first-order valence-electron chi connectivity index (χ1n) is 6.84. The summed E-state index contributed by atoms with van der Waals surface area (Å²) in [5.41, 5.74) is 6.59. The van der Waals surface area contributed by atoms with Gasteiger partial charge in [-0.3, -0.25) is 4.90 Å². The third kappa shape index (κ3) is 2.73. The van der Waals surface area contributed by atoms with Gasteiger partial charge in [0.2, 0.25) is 5.88 Å². The SMILES string of the molecule is CCN(CC)C1CCN(c2ncnc(OC)c2N)C1. The van der Waals surface area contributed by atoms with Crippen LogP contribution in [-0.2, 0) is 0 Å². The number of aromatic nitrogens is 2. The Morgan fingerprint density at radius 3 is 2.79 bits per heavy atom. The molecule has 1 aromatic rings. The van der Waals surface area contributed by atoms with E-state index >= 15 is 0 Å². The summed E-state index contributed by atoms with van der Waals surface area (Å²) in [5, 5.41) is 0. The van der Waals surface area contributed by atoms with Crippen molar-refractivity contribution < 1.29 is 4.74 Å². The second-order valence-corrected chi connectivity index (χ2v) is 4.73. The smallest absolute Gasteiger partial charge is 0.242 e. The van der Waals surface area contributed by atoms with Gasteiger partial charge in [0, 0.05) is 19.1 Å². The molecule has 1 saturated heterocycles. The fourth-order valence-electron chi connectivity index (χ4n) is 2.76. The Kier molecular flexibility index (Phi) is 4.42. The lowest BCUT2D eigenvalue weighted by molar-refractivity contribution is 0.232. The van der Waals surface area contributed by atoms with Gasteiger partial charge >= 0.3 is 0 Å². The zero-order chi connectivity index (χ0) is 13.8. The molecule has 1 unspecified atom stereocenters. The molecule has 19 heavy (non-hydrogen) atoms. The van der Waals surface area contributed by atoms with Crippen LogP contribution in [0.2, 0.25) is 0 Å². The van der Waals surface area contributed by atoms with E-state index < -0.39 is 0 Å². The minimum atomic E-state index is 0.455. The number of anilines is 2. The third-order valence-corrected chi connectivity index (χ3v) is 3.81. The zero-order valence-electron chi connectivity index (χ0n) is 12.0. The number of nitrogens with two attached hydrogens (primary N) is 1. The Hall–Kier alpha value is -1.56. The quantitative estimate of drug-likeness (QED) is 0.856. The van der Waals surface area contributed by atoms with Gasteiger partial charge in [0.25, 0.3) is 0 Å². The monoisotopic (exact) mass is 265 g/mol. The zero-order valence-corrected chi connectivity index (χ0v) is 12.0. The maximum Gasteiger partial charge on any atom is 0.242 e.